The largest absolute Gasteiger partial charge is 0.357 e. The van der Waals surface area contributed by atoms with E-state index in [1.54, 1.807) is 0 Å². The predicted octanol–water partition coefficient (Wildman–Crippen LogP) is 1.59. The smallest absolute Gasteiger partial charge is 0.229 e. The molecule has 6 nitrogen and oxygen atoms in total. The monoisotopic (exact) mass is 330 g/mol. The number of rotatable bonds is 6. The quantitative estimate of drug-likeness (QED) is 0.472. The van der Waals surface area contributed by atoms with Crippen molar-refractivity contribution in [3.8, 4) is 0 Å². The summed E-state index contributed by atoms with van der Waals surface area (Å²) in [5, 5.41) is 6.36. The van der Waals surface area contributed by atoms with E-state index in [4.69, 9.17) is 0 Å². The first kappa shape index (κ1) is 18.0. The zero-order valence-corrected chi connectivity index (χ0v) is 14.5. The van der Waals surface area contributed by atoms with Crippen LogP contribution in [0.5, 0.6) is 0 Å². The van der Waals surface area contributed by atoms with Gasteiger partial charge in [-0.1, -0.05) is 29.8 Å². The second kappa shape index (κ2) is 9.05. The number of carbonyl (C=O) groups is 2. The zero-order valence-electron chi connectivity index (χ0n) is 14.5. The lowest BCUT2D eigenvalue weighted by atomic mass is 10.1. The average Bonchev–Trinajstić information content (AvgIpc) is 2.56. The van der Waals surface area contributed by atoms with Crippen LogP contribution in [0.3, 0.4) is 0 Å². The minimum atomic E-state index is -0.0744. The van der Waals surface area contributed by atoms with Gasteiger partial charge in [0.1, 0.15) is 0 Å². The maximum absolute atomic E-state index is 11.8. The van der Waals surface area contributed by atoms with Gasteiger partial charge in [-0.15, -0.1) is 0 Å². The van der Waals surface area contributed by atoms with E-state index in [2.05, 4.69) is 46.8 Å². The van der Waals surface area contributed by atoms with E-state index in [0.717, 1.165) is 12.1 Å². The molecule has 1 aromatic rings. The Morgan fingerprint density at radius 2 is 1.79 bits per heavy atom. The topological polar surface area (TPSA) is 73.8 Å². The highest BCUT2D eigenvalue weighted by Crippen LogP contribution is 2.11. The molecule has 130 valence electrons. The van der Waals surface area contributed by atoms with Gasteiger partial charge < -0.3 is 10.6 Å². The molecular weight excluding hydrogens is 304 g/mol. The standard InChI is InChI=1S/C18H26N4O2/c1-3-19-18(21-13-15-9-7-14(2)8-10-15)20-11-12-22-16(23)5-4-6-17(22)24/h7-10H,3-6,11-13H2,1-2H3,(H2,19,20,21). The lowest BCUT2D eigenvalue weighted by Crippen LogP contribution is -2.46. The molecule has 0 atom stereocenters. The van der Waals surface area contributed by atoms with Crippen LogP contribution in [0.1, 0.15) is 37.3 Å². The van der Waals surface area contributed by atoms with Crippen molar-refractivity contribution in [1.29, 1.82) is 0 Å². The zero-order chi connectivity index (χ0) is 17.4. The van der Waals surface area contributed by atoms with E-state index < -0.39 is 0 Å². The Labute approximate surface area is 143 Å². The second-order valence-corrected chi connectivity index (χ2v) is 5.90. The van der Waals surface area contributed by atoms with Crippen LogP contribution in [0.15, 0.2) is 29.3 Å². The van der Waals surface area contributed by atoms with E-state index >= 15 is 0 Å². The van der Waals surface area contributed by atoms with Gasteiger partial charge >= 0.3 is 0 Å². The third-order valence-electron chi connectivity index (χ3n) is 3.90. The van der Waals surface area contributed by atoms with E-state index in [1.165, 1.54) is 10.5 Å². The van der Waals surface area contributed by atoms with Crippen molar-refractivity contribution in [1.82, 2.24) is 15.5 Å². The Morgan fingerprint density at radius 3 is 2.42 bits per heavy atom. The molecule has 1 fully saturated rings. The van der Waals surface area contributed by atoms with Crippen LogP contribution < -0.4 is 10.6 Å². The fourth-order valence-corrected chi connectivity index (χ4v) is 2.54. The predicted molar refractivity (Wildman–Crippen MR) is 94.6 cm³/mol. The van der Waals surface area contributed by atoms with Crippen molar-refractivity contribution in [2.75, 3.05) is 19.6 Å². The van der Waals surface area contributed by atoms with Crippen LogP contribution in [-0.2, 0) is 16.1 Å². The van der Waals surface area contributed by atoms with Crippen molar-refractivity contribution in [3.63, 3.8) is 0 Å². The van der Waals surface area contributed by atoms with Crippen LogP contribution in [0.25, 0.3) is 0 Å². The number of aryl methyl sites for hydroxylation is 1. The average molecular weight is 330 g/mol. The number of nitrogens with zero attached hydrogens (tertiary/aromatic N) is 2. The summed E-state index contributed by atoms with van der Waals surface area (Å²) in [5.41, 5.74) is 2.36. The van der Waals surface area contributed by atoms with Crippen LogP contribution >= 0.6 is 0 Å². The van der Waals surface area contributed by atoms with Crippen molar-refractivity contribution < 1.29 is 9.59 Å². The second-order valence-electron chi connectivity index (χ2n) is 5.90. The molecule has 6 heteroatoms. The van der Waals surface area contributed by atoms with Crippen molar-refractivity contribution in [2.45, 2.75) is 39.7 Å². The summed E-state index contributed by atoms with van der Waals surface area (Å²) in [7, 11) is 0. The first-order valence-electron chi connectivity index (χ1n) is 8.51. The van der Waals surface area contributed by atoms with Gasteiger partial charge in [-0.3, -0.25) is 14.5 Å². The lowest BCUT2D eigenvalue weighted by Gasteiger charge is -2.25. The summed E-state index contributed by atoms with van der Waals surface area (Å²) < 4.78 is 0. The number of hydrogen-bond acceptors (Lipinski definition) is 3. The van der Waals surface area contributed by atoms with Gasteiger partial charge in [0.15, 0.2) is 5.96 Å². The molecule has 0 unspecified atom stereocenters. The van der Waals surface area contributed by atoms with Gasteiger partial charge in [-0.05, 0) is 25.8 Å². The summed E-state index contributed by atoms with van der Waals surface area (Å²) in [6.45, 7) is 6.27. The van der Waals surface area contributed by atoms with E-state index in [1.807, 2.05) is 6.92 Å². The molecule has 1 aliphatic rings. The molecule has 24 heavy (non-hydrogen) atoms. The number of hydrogen-bond donors (Lipinski definition) is 2. The van der Waals surface area contributed by atoms with E-state index in [-0.39, 0.29) is 11.8 Å². The Morgan fingerprint density at radius 1 is 1.12 bits per heavy atom. The summed E-state index contributed by atoms with van der Waals surface area (Å²) in [6, 6.07) is 8.26. The normalized spacial score (nSPS) is 15.6. The SMILES string of the molecule is CCNC(=NCc1ccc(C)cc1)NCCN1C(=O)CCCC1=O. The molecule has 0 saturated carbocycles. The summed E-state index contributed by atoms with van der Waals surface area (Å²) >= 11 is 0. The first-order chi connectivity index (χ1) is 11.6. The molecular formula is C18H26N4O2. The molecule has 0 aliphatic carbocycles. The molecule has 2 rings (SSSR count). The number of benzene rings is 1. The number of amides is 2. The minimum Gasteiger partial charge on any atom is -0.357 e. The van der Waals surface area contributed by atoms with Gasteiger partial charge in [0.25, 0.3) is 0 Å². The molecule has 0 bridgehead atoms. The van der Waals surface area contributed by atoms with Crippen LogP contribution in [0.4, 0.5) is 0 Å². The highest BCUT2D eigenvalue weighted by Gasteiger charge is 2.25. The highest BCUT2D eigenvalue weighted by molar-refractivity contribution is 5.97. The summed E-state index contributed by atoms with van der Waals surface area (Å²) in [6.07, 6.45) is 1.60. The number of guanidine groups is 1. The van der Waals surface area contributed by atoms with Crippen molar-refractivity contribution >= 4 is 17.8 Å². The molecule has 1 aromatic carbocycles. The molecule has 1 aliphatic heterocycles. The van der Waals surface area contributed by atoms with Crippen molar-refractivity contribution in [3.05, 3.63) is 35.4 Å². The number of imide groups is 1. The van der Waals surface area contributed by atoms with Crippen LogP contribution in [0, 0.1) is 6.92 Å². The number of aliphatic imine (C=N–C) groups is 1. The minimum absolute atomic E-state index is 0.0744. The number of carbonyl (C=O) groups excluding carboxylic acids is 2. The molecule has 0 radical (unpaired) electrons. The molecule has 1 heterocycles. The lowest BCUT2D eigenvalue weighted by molar-refractivity contribution is -0.147. The number of likely N-dealkylation sites (tertiary alicyclic amines) is 1. The molecule has 2 N–H and O–H groups in total. The van der Waals surface area contributed by atoms with E-state index in [0.29, 0.717) is 44.9 Å². The van der Waals surface area contributed by atoms with Gasteiger partial charge in [0.2, 0.25) is 11.8 Å². The van der Waals surface area contributed by atoms with Crippen LogP contribution in [-0.4, -0.2) is 42.3 Å². The van der Waals surface area contributed by atoms with E-state index in [9.17, 15) is 9.59 Å². The van der Waals surface area contributed by atoms with Crippen LogP contribution in [0.2, 0.25) is 0 Å². The maximum atomic E-state index is 11.8. The number of nitrogens with one attached hydrogen (secondary N) is 2. The Balaban J connectivity index is 1.86. The molecule has 0 spiro atoms. The maximum Gasteiger partial charge on any atom is 0.229 e. The Hall–Kier alpha value is -2.37. The fraction of sp³-hybridized carbons (Fsp3) is 0.500. The van der Waals surface area contributed by atoms with Crippen molar-refractivity contribution in [2.24, 2.45) is 4.99 Å². The summed E-state index contributed by atoms with van der Waals surface area (Å²) in [5.74, 6) is 0.541. The third kappa shape index (κ3) is 5.37. The Kier molecular flexibility index (Phi) is 6.78. The molecule has 0 aromatic heterocycles. The third-order valence-corrected chi connectivity index (χ3v) is 3.90. The Bertz CT molecular complexity index is 580. The number of piperidine rings is 1. The van der Waals surface area contributed by atoms with Gasteiger partial charge in [0.05, 0.1) is 6.54 Å². The summed E-state index contributed by atoms with van der Waals surface area (Å²) in [4.78, 5) is 29.4. The van der Waals surface area contributed by atoms with Gasteiger partial charge in [-0.25, -0.2) is 4.99 Å². The first-order valence-corrected chi connectivity index (χ1v) is 8.51. The fourth-order valence-electron chi connectivity index (χ4n) is 2.54. The molecule has 2 amide bonds. The van der Waals surface area contributed by atoms with Gasteiger partial charge in [-0.2, -0.15) is 0 Å². The van der Waals surface area contributed by atoms with Gasteiger partial charge in [0, 0.05) is 32.5 Å². The molecule has 1 saturated heterocycles. The highest BCUT2D eigenvalue weighted by atomic mass is 16.2.